The zero-order valence-corrected chi connectivity index (χ0v) is 18.3. The predicted molar refractivity (Wildman–Crippen MR) is 128 cm³/mol. The molecule has 1 aliphatic rings. The summed E-state index contributed by atoms with van der Waals surface area (Å²) < 4.78 is 0. The number of nitrogens with zero attached hydrogens (tertiary/aromatic N) is 3. The van der Waals surface area contributed by atoms with E-state index < -0.39 is 0 Å². The van der Waals surface area contributed by atoms with Crippen LogP contribution in [0, 0.1) is 0 Å². The maximum Gasteiger partial charge on any atom is 0.255 e. The molecule has 2 aromatic carbocycles. The fraction of sp³-hybridized carbons (Fsp3) is 0.308. The molecule has 5 heteroatoms. The van der Waals surface area contributed by atoms with E-state index in [4.69, 9.17) is 0 Å². The van der Waals surface area contributed by atoms with Gasteiger partial charge in [-0.25, -0.2) is 4.98 Å². The van der Waals surface area contributed by atoms with Crippen molar-refractivity contribution in [3.63, 3.8) is 0 Å². The van der Waals surface area contributed by atoms with Crippen LogP contribution in [0.5, 0.6) is 0 Å². The molecule has 0 radical (unpaired) electrons. The Hall–Kier alpha value is -3.18. The third-order valence-corrected chi connectivity index (χ3v) is 5.76. The Bertz CT molecular complexity index is 1010. The molecule has 3 aromatic rings. The summed E-state index contributed by atoms with van der Waals surface area (Å²) in [6.07, 6.45) is 5.50. The molecule has 1 fully saturated rings. The Kier molecular flexibility index (Phi) is 6.63. The first-order chi connectivity index (χ1) is 15.1. The van der Waals surface area contributed by atoms with Crippen LogP contribution in [0.15, 0.2) is 66.9 Å². The summed E-state index contributed by atoms with van der Waals surface area (Å²) in [5.74, 6) is 0.743. The van der Waals surface area contributed by atoms with E-state index in [-0.39, 0.29) is 5.91 Å². The van der Waals surface area contributed by atoms with Crippen LogP contribution in [0.3, 0.4) is 0 Å². The van der Waals surface area contributed by atoms with Gasteiger partial charge in [0.15, 0.2) is 0 Å². The van der Waals surface area contributed by atoms with Crippen LogP contribution in [-0.4, -0.2) is 43.0 Å². The van der Waals surface area contributed by atoms with E-state index in [2.05, 4.69) is 45.5 Å². The van der Waals surface area contributed by atoms with Crippen molar-refractivity contribution in [3.05, 3.63) is 78.0 Å². The van der Waals surface area contributed by atoms with Gasteiger partial charge >= 0.3 is 0 Å². The average Bonchev–Trinajstić information content (AvgIpc) is 2.80. The van der Waals surface area contributed by atoms with E-state index in [0.29, 0.717) is 11.3 Å². The van der Waals surface area contributed by atoms with Gasteiger partial charge in [0, 0.05) is 26.2 Å². The van der Waals surface area contributed by atoms with Crippen LogP contribution >= 0.6 is 0 Å². The number of rotatable bonds is 6. The predicted octanol–water partition coefficient (Wildman–Crippen LogP) is 5.05. The summed E-state index contributed by atoms with van der Waals surface area (Å²) in [5.41, 5.74) is 4.94. The number of likely N-dealkylation sites (tertiary alicyclic amines) is 1. The number of amides is 1. The molecule has 1 saturated heterocycles. The zero-order chi connectivity index (χ0) is 21.6. The molecule has 1 N–H and O–H groups in total. The van der Waals surface area contributed by atoms with Crippen molar-refractivity contribution in [1.29, 1.82) is 0 Å². The van der Waals surface area contributed by atoms with E-state index in [0.717, 1.165) is 25.5 Å². The van der Waals surface area contributed by atoms with E-state index in [1.807, 2.05) is 49.3 Å². The Morgan fingerprint density at radius 1 is 1.00 bits per heavy atom. The molecule has 160 valence electrons. The van der Waals surface area contributed by atoms with Gasteiger partial charge in [-0.2, -0.15) is 0 Å². The quantitative estimate of drug-likeness (QED) is 0.613. The minimum atomic E-state index is -0.112. The summed E-state index contributed by atoms with van der Waals surface area (Å²) >= 11 is 0. The lowest BCUT2D eigenvalue weighted by atomic mass is 9.96. The van der Waals surface area contributed by atoms with Gasteiger partial charge in [-0.1, -0.05) is 42.8 Å². The highest BCUT2D eigenvalue weighted by molar-refractivity contribution is 6.04. The molecule has 4 rings (SSSR count). The minimum Gasteiger partial charge on any atom is -0.363 e. The number of hydrogen-bond acceptors (Lipinski definition) is 4. The Balaban J connectivity index is 1.58. The van der Waals surface area contributed by atoms with Crippen molar-refractivity contribution < 1.29 is 4.79 Å². The third kappa shape index (κ3) is 5.30. The summed E-state index contributed by atoms with van der Waals surface area (Å²) in [4.78, 5) is 21.8. The van der Waals surface area contributed by atoms with Crippen molar-refractivity contribution >= 4 is 17.4 Å². The standard InChI is InChI=1S/C26H30N4O/c1-29(2)25-14-12-23(18-27-25)28-26(31)21-11-13-24(20-9-5-3-6-10-20)22(17-21)19-30-15-7-4-8-16-30/h3,5-6,9-14,17-18H,4,7-8,15-16,19H2,1-2H3,(H,28,31). The van der Waals surface area contributed by atoms with Crippen molar-refractivity contribution in [2.75, 3.05) is 37.4 Å². The van der Waals surface area contributed by atoms with Crippen molar-refractivity contribution in [2.24, 2.45) is 0 Å². The Morgan fingerprint density at radius 2 is 1.77 bits per heavy atom. The highest BCUT2D eigenvalue weighted by atomic mass is 16.1. The second kappa shape index (κ2) is 9.75. The Morgan fingerprint density at radius 3 is 2.45 bits per heavy atom. The van der Waals surface area contributed by atoms with Gasteiger partial charge < -0.3 is 10.2 Å². The van der Waals surface area contributed by atoms with Crippen LogP contribution in [-0.2, 0) is 6.54 Å². The lowest BCUT2D eigenvalue weighted by Gasteiger charge is -2.27. The number of aromatic nitrogens is 1. The second-order valence-electron chi connectivity index (χ2n) is 8.33. The summed E-state index contributed by atoms with van der Waals surface area (Å²) in [6.45, 7) is 3.10. The molecule has 1 amide bonds. The molecule has 0 bridgehead atoms. The second-order valence-corrected chi connectivity index (χ2v) is 8.33. The van der Waals surface area contributed by atoms with Crippen LogP contribution in [0.25, 0.3) is 11.1 Å². The largest absolute Gasteiger partial charge is 0.363 e. The molecule has 5 nitrogen and oxygen atoms in total. The number of carbonyl (C=O) groups is 1. The smallest absolute Gasteiger partial charge is 0.255 e. The van der Waals surface area contributed by atoms with Crippen molar-refractivity contribution in [3.8, 4) is 11.1 Å². The van der Waals surface area contributed by atoms with Crippen LogP contribution in [0.4, 0.5) is 11.5 Å². The number of piperidine rings is 1. The first-order valence-corrected chi connectivity index (χ1v) is 11.0. The number of pyridine rings is 1. The first kappa shape index (κ1) is 21.1. The zero-order valence-electron chi connectivity index (χ0n) is 18.3. The molecule has 0 spiro atoms. The molecule has 0 saturated carbocycles. The van der Waals surface area contributed by atoms with Crippen LogP contribution in [0.2, 0.25) is 0 Å². The lowest BCUT2D eigenvalue weighted by molar-refractivity contribution is 0.102. The van der Waals surface area contributed by atoms with E-state index in [9.17, 15) is 4.79 Å². The minimum absolute atomic E-state index is 0.112. The third-order valence-electron chi connectivity index (χ3n) is 5.76. The van der Waals surface area contributed by atoms with Crippen LogP contribution < -0.4 is 10.2 Å². The fourth-order valence-electron chi connectivity index (χ4n) is 4.05. The van der Waals surface area contributed by atoms with E-state index in [1.54, 1.807) is 6.20 Å². The molecular formula is C26H30N4O. The van der Waals surface area contributed by atoms with Gasteiger partial charge in [-0.05, 0) is 66.9 Å². The Labute approximate surface area is 184 Å². The van der Waals surface area contributed by atoms with E-state index >= 15 is 0 Å². The number of nitrogens with one attached hydrogen (secondary N) is 1. The average molecular weight is 415 g/mol. The molecule has 2 heterocycles. The SMILES string of the molecule is CN(C)c1ccc(NC(=O)c2ccc(-c3ccccc3)c(CN3CCCCC3)c2)cn1. The molecule has 0 aliphatic carbocycles. The highest BCUT2D eigenvalue weighted by Gasteiger charge is 2.16. The van der Waals surface area contributed by atoms with Gasteiger partial charge in [0.05, 0.1) is 11.9 Å². The molecule has 31 heavy (non-hydrogen) atoms. The van der Waals surface area contributed by atoms with Gasteiger partial charge in [-0.15, -0.1) is 0 Å². The summed E-state index contributed by atoms with van der Waals surface area (Å²) in [7, 11) is 3.89. The maximum absolute atomic E-state index is 13.0. The highest BCUT2D eigenvalue weighted by Crippen LogP contribution is 2.27. The maximum atomic E-state index is 13.0. The van der Waals surface area contributed by atoms with E-state index in [1.165, 1.54) is 36.0 Å². The van der Waals surface area contributed by atoms with Gasteiger partial charge in [0.25, 0.3) is 5.91 Å². The van der Waals surface area contributed by atoms with Crippen molar-refractivity contribution in [2.45, 2.75) is 25.8 Å². The first-order valence-electron chi connectivity index (χ1n) is 11.0. The number of carbonyl (C=O) groups excluding carboxylic acids is 1. The number of benzene rings is 2. The summed E-state index contributed by atoms with van der Waals surface area (Å²) in [6, 6.07) is 20.2. The molecular weight excluding hydrogens is 384 g/mol. The monoisotopic (exact) mass is 414 g/mol. The van der Waals surface area contributed by atoms with Gasteiger partial charge in [0.1, 0.15) is 5.82 Å². The van der Waals surface area contributed by atoms with Crippen LogP contribution in [0.1, 0.15) is 35.2 Å². The van der Waals surface area contributed by atoms with Crippen molar-refractivity contribution in [1.82, 2.24) is 9.88 Å². The molecule has 0 unspecified atom stereocenters. The molecule has 1 aliphatic heterocycles. The normalized spacial score (nSPS) is 14.3. The lowest BCUT2D eigenvalue weighted by Crippen LogP contribution is -2.29. The molecule has 0 atom stereocenters. The summed E-state index contributed by atoms with van der Waals surface area (Å²) in [5, 5.41) is 2.98. The topological polar surface area (TPSA) is 48.5 Å². The number of anilines is 2. The number of hydrogen-bond donors (Lipinski definition) is 1. The van der Waals surface area contributed by atoms with Gasteiger partial charge in [-0.3, -0.25) is 9.69 Å². The fourth-order valence-corrected chi connectivity index (χ4v) is 4.05. The van der Waals surface area contributed by atoms with Gasteiger partial charge in [0.2, 0.25) is 0 Å². The molecule has 1 aromatic heterocycles.